The number of carbonyl (C=O) groups excluding carboxylic acids is 1. The van der Waals surface area contributed by atoms with Gasteiger partial charge in [0.25, 0.3) is 0 Å². The highest BCUT2D eigenvalue weighted by atomic mass is 16.1. The normalized spacial score (nSPS) is 11.6. The summed E-state index contributed by atoms with van der Waals surface area (Å²) >= 11 is 0. The molecule has 0 aromatic carbocycles. The van der Waals surface area contributed by atoms with Crippen molar-refractivity contribution in [1.82, 2.24) is 24.0 Å². The number of aromatic nitrogens is 5. The van der Waals surface area contributed by atoms with Gasteiger partial charge in [0.15, 0.2) is 11.4 Å². The van der Waals surface area contributed by atoms with Gasteiger partial charge in [-0.25, -0.2) is 14.5 Å². The van der Waals surface area contributed by atoms with Crippen molar-refractivity contribution in [2.24, 2.45) is 0 Å². The molecule has 0 saturated heterocycles. The minimum Gasteiger partial charge on any atom is -0.297 e. The van der Waals surface area contributed by atoms with Gasteiger partial charge in [0, 0.05) is 6.20 Å². The van der Waals surface area contributed by atoms with E-state index in [0.717, 1.165) is 47.0 Å². The molecule has 4 rings (SSSR count). The molecule has 0 radical (unpaired) electrons. The summed E-state index contributed by atoms with van der Waals surface area (Å²) in [6.07, 6.45) is 6.50. The average Bonchev–Trinajstić information content (AvgIpc) is 3.16. The van der Waals surface area contributed by atoms with Crippen molar-refractivity contribution in [3.8, 4) is 11.4 Å². The first-order valence-electron chi connectivity index (χ1n) is 10.3. The fraction of sp³-hybridized carbons (Fsp3) is 0.391. The number of Topliss-reactive ketones (excluding diaryl/α,β-unsaturated/α-hetero) is 1. The molecule has 0 unspecified atom stereocenters. The fourth-order valence-corrected chi connectivity index (χ4v) is 4.09. The van der Waals surface area contributed by atoms with Crippen LogP contribution in [0.25, 0.3) is 22.7 Å². The van der Waals surface area contributed by atoms with Crippen molar-refractivity contribution >= 4 is 17.1 Å². The van der Waals surface area contributed by atoms with E-state index in [2.05, 4.69) is 13.0 Å². The van der Waals surface area contributed by atoms with Crippen LogP contribution in [0.1, 0.15) is 66.1 Å². The van der Waals surface area contributed by atoms with Gasteiger partial charge < -0.3 is 0 Å². The summed E-state index contributed by atoms with van der Waals surface area (Å²) in [6.45, 7) is 9.81. The Hall–Kier alpha value is -3.02. The molecule has 29 heavy (non-hydrogen) atoms. The largest absolute Gasteiger partial charge is 0.297 e. The van der Waals surface area contributed by atoms with Gasteiger partial charge in [-0.3, -0.25) is 9.20 Å². The monoisotopic (exact) mass is 389 g/mol. The van der Waals surface area contributed by atoms with Crippen LogP contribution in [0, 0.1) is 20.8 Å². The van der Waals surface area contributed by atoms with E-state index in [1.54, 1.807) is 6.92 Å². The Labute approximate surface area is 170 Å². The predicted molar refractivity (Wildman–Crippen MR) is 115 cm³/mol. The van der Waals surface area contributed by atoms with Gasteiger partial charge in [0.1, 0.15) is 11.3 Å². The number of ketones is 1. The van der Waals surface area contributed by atoms with E-state index in [4.69, 9.17) is 15.1 Å². The van der Waals surface area contributed by atoms with Gasteiger partial charge in [-0.1, -0.05) is 19.8 Å². The number of imidazole rings is 2. The van der Waals surface area contributed by atoms with Crippen LogP contribution in [-0.2, 0) is 6.42 Å². The van der Waals surface area contributed by atoms with E-state index in [9.17, 15) is 4.79 Å². The highest BCUT2D eigenvalue weighted by Gasteiger charge is 2.22. The molecule has 0 atom stereocenters. The van der Waals surface area contributed by atoms with Gasteiger partial charge in [-0.2, -0.15) is 5.10 Å². The van der Waals surface area contributed by atoms with Crippen LogP contribution in [0.2, 0.25) is 0 Å². The molecule has 6 heteroatoms. The standard InChI is InChI=1S/C23H27N5O/c1-6-7-8-10-18-13-14(2)26-28-21(16(4)24-22(18)28)20-15(3)25-23-19(17(5)29)11-9-12-27(20)23/h9,11-13H,6-8,10H2,1-5H3. The number of aryl methyl sites for hydroxylation is 4. The highest BCUT2D eigenvalue weighted by Crippen LogP contribution is 2.30. The van der Waals surface area contributed by atoms with Gasteiger partial charge in [0.05, 0.1) is 28.3 Å². The summed E-state index contributed by atoms with van der Waals surface area (Å²) in [7, 11) is 0. The lowest BCUT2D eigenvalue weighted by molar-refractivity contribution is 0.101. The number of fused-ring (bicyclic) bond motifs is 2. The second kappa shape index (κ2) is 7.43. The maximum Gasteiger partial charge on any atom is 0.163 e. The van der Waals surface area contributed by atoms with E-state index in [0.29, 0.717) is 11.2 Å². The number of unbranched alkanes of at least 4 members (excludes halogenated alkanes) is 2. The average molecular weight is 390 g/mol. The van der Waals surface area contributed by atoms with E-state index < -0.39 is 0 Å². The molecule has 0 aliphatic carbocycles. The smallest absolute Gasteiger partial charge is 0.163 e. The molecule has 0 saturated carbocycles. The molecular weight excluding hydrogens is 362 g/mol. The third-order valence-electron chi connectivity index (χ3n) is 5.43. The van der Waals surface area contributed by atoms with Crippen LogP contribution in [0.5, 0.6) is 0 Å². The first kappa shape index (κ1) is 19.3. The quantitative estimate of drug-likeness (QED) is 0.347. The lowest BCUT2D eigenvalue weighted by Crippen LogP contribution is -2.03. The number of nitrogens with zero attached hydrogens (tertiary/aromatic N) is 5. The third kappa shape index (κ3) is 3.22. The molecule has 0 N–H and O–H groups in total. The lowest BCUT2D eigenvalue weighted by Gasteiger charge is -2.08. The third-order valence-corrected chi connectivity index (χ3v) is 5.43. The minimum absolute atomic E-state index is 0.00851. The minimum atomic E-state index is 0.00851. The molecule has 150 valence electrons. The Balaban J connectivity index is 1.98. The van der Waals surface area contributed by atoms with Crippen molar-refractivity contribution in [2.45, 2.75) is 60.3 Å². The first-order chi connectivity index (χ1) is 13.9. The Morgan fingerprint density at radius 1 is 1.03 bits per heavy atom. The van der Waals surface area contributed by atoms with Crippen molar-refractivity contribution in [3.05, 3.63) is 52.6 Å². The van der Waals surface area contributed by atoms with E-state index in [1.165, 1.54) is 18.4 Å². The molecule has 0 spiro atoms. The zero-order valence-corrected chi connectivity index (χ0v) is 17.8. The molecule has 0 bridgehead atoms. The van der Waals surface area contributed by atoms with Crippen LogP contribution in [0.15, 0.2) is 24.4 Å². The maximum atomic E-state index is 12.1. The van der Waals surface area contributed by atoms with Crippen LogP contribution < -0.4 is 0 Å². The maximum absolute atomic E-state index is 12.1. The van der Waals surface area contributed by atoms with Crippen LogP contribution >= 0.6 is 0 Å². The van der Waals surface area contributed by atoms with Crippen molar-refractivity contribution in [2.75, 3.05) is 0 Å². The van der Waals surface area contributed by atoms with Gasteiger partial charge >= 0.3 is 0 Å². The molecule has 0 amide bonds. The number of pyridine rings is 1. The molecule has 4 aromatic rings. The fourth-order valence-electron chi connectivity index (χ4n) is 4.09. The predicted octanol–water partition coefficient (Wildman–Crippen LogP) is 4.90. The molecule has 0 aliphatic rings. The van der Waals surface area contributed by atoms with Crippen LogP contribution in [0.3, 0.4) is 0 Å². The van der Waals surface area contributed by atoms with Gasteiger partial charge in [-0.05, 0) is 64.3 Å². The Kier molecular flexibility index (Phi) is 4.94. The summed E-state index contributed by atoms with van der Waals surface area (Å²) in [5.41, 5.74) is 8.07. The summed E-state index contributed by atoms with van der Waals surface area (Å²) in [5.74, 6) is 0.00851. The van der Waals surface area contributed by atoms with Gasteiger partial charge in [0.2, 0.25) is 0 Å². The van der Waals surface area contributed by atoms with E-state index in [1.807, 2.05) is 48.0 Å². The summed E-state index contributed by atoms with van der Waals surface area (Å²) in [6, 6.07) is 5.86. The zero-order chi connectivity index (χ0) is 20.7. The molecular formula is C23H27N5O. The summed E-state index contributed by atoms with van der Waals surface area (Å²) in [4.78, 5) is 21.7. The number of rotatable bonds is 6. The molecule has 0 fully saturated rings. The van der Waals surface area contributed by atoms with Crippen LogP contribution in [0.4, 0.5) is 0 Å². The Morgan fingerprint density at radius 3 is 2.48 bits per heavy atom. The Morgan fingerprint density at radius 2 is 1.76 bits per heavy atom. The second-order valence-corrected chi connectivity index (χ2v) is 7.77. The van der Waals surface area contributed by atoms with Crippen LogP contribution in [-0.4, -0.2) is 29.8 Å². The number of hydrogen-bond donors (Lipinski definition) is 0. The molecule has 4 aromatic heterocycles. The lowest BCUT2D eigenvalue weighted by atomic mass is 10.1. The number of hydrogen-bond acceptors (Lipinski definition) is 4. The van der Waals surface area contributed by atoms with Crippen molar-refractivity contribution in [3.63, 3.8) is 0 Å². The Bertz CT molecular complexity index is 1230. The first-order valence-corrected chi connectivity index (χ1v) is 10.3. The SMILES string of the molecule is CCCCCc1cc(C)nn2c(-c3c(C)nc4c(C(C)=O)cccn34)c(C)nc12. The van der Waals surface area contributed by atoms with Gasteiger partial charge in [-0.15, -0.1) is 0 Å². The van der Waals surface area contributed by atoms with Crippen molar-refractivity contribution < 1.29 is 4.79 Å². The topological polar surface area (TPSA) is 64.6 Å². The molecule has 4 heterocycles. The summed E-state index contributed by atoms with van der Waals surface area (Å²) in [5, 5.41) is 4.79. The van der Waals surface area contributed by atoms with Crippen molar-refractivity contribution in [1.29, 1.82) is 0 Å². The molecule has 6 nitrogen and oxygen atoms in total. The highest BCUT2D eigenvalue weighted by molar-refractivity contribution is 6.00. The molecule has 0 aliphatic heterocycles. The van der Waals surface area contributed by atoms with E-state index in [-0.39, 0.29) is 5.78 Å². The zero-order valence-electron chi connectivity index (χ0n) is 17.8. The second-order valence-electron chi connectivity index (χ2n) is 7.77. The number of carbonyl (C=O) groups is 1. The summed E-state index contributed by atoms with van der Waals surface area (Å²) < 4.78 is 3.95. The van der Waals surface area contributed by atoms with E-state index >= 15 is 0 Å².